The molecule has 0 bridgehead atoms. The molecule has 2 rings (SSSR count). The number of hydrogen-bond acceptors (Lipinski definition) is 5. The molecule has 0 aliphatic carbocycles. The van der Waals surface area contributed by atoms with E-state index in [1.165, 1.54) is 0 Å². The molecule has 1 saturated heterocycles. The molecule has 1 fully saturated rings. The number of alkyl carbamates (subject to hydrolysis) is 1. The molecule has 2 N–H and O–H groups in total. The standard InChI is InChI=1S/C23H39N5O3/c1-7-24-21(28-12-11-19(17-28)26-22(29)31-23(2,3)4)25-16-18-9-8-10-20(15-18)30-14-13-27(5)6/h8-10,15,19H,7,11-14,16-17H2,1-6H3,(H,24,25)(H,26,29). The van der Waals surface area contributed by atoms with Crippen molar-refractivity contribution in [2.24, 2.45) is 4.99 Å². The summed E-state index contributed by atoms with van der Waals surface area (Å²) < 4.78 is 11.2. The summed E-state index contributed by atoms with van der Waals surface area (Å²) in [6.45, 7) is 12.1. The fourth-order valence-electron chi connectivity index (χ4n) is 3.22. The van der Waals surface area contributed by atoms with Crippen molar-refractivity contribution in [1.82, 2.24) is 20.4 Å². The van der Waals surface area contributed by atoms with Crippen LogP contribution in [0.25, 0.3) is 0 Å². The van der Waals surface area contributed by atoms with Gasteiger partial charge in [-0.1, -0.05) is 12.1 Å². The maximum absolute atomic E-state index is 12.1. The van der Waals surface area contributed by atoms with E-state index in [0.717, 1.165) is 43.3 Å². The van der Waals surface area contributed by atoms with Gasteiger partial charge < -0.3 is 29.9 Å². The number of ether oxygens (including phenoxy) is 2. The number of rotatable bonds is 8. The summed E-state index contributed by atoms with van der Waals surface area (Å²) in [6, 6.07) is 8.12. The van der Waals surface area contributed by atoms with Gasteiger partial charge in [0, 0.05) is 26.2 Å². The van der Waals surface area contributed by atoms with Crippen LogP contribution in [-0.4, -0.2) is 80.4 Å². The summed E-state index contributed by atoms with van der Waals surface area (Å²) in [6.07, 6.45) is 0.492. The van der Waals surface area contributed by atoms with Crippen LogP contribution in [-0.2, 0) is 11.3 Å². The zero-order valence-electron chi connectivity index (χ0n) is 19.9. The maximum Gasteiger partial charge on any atom is 0.407 e. The summed E-state index contributed by atoms with van der Waals surface area (Å²) >= 11 is 0. The highest BCUT2D eigenvalue weighted by Gasteiger charge is 2.27. The van der Waals surface area contributed by atoms with Gasteiger partial charge in [0.2, 0.25) is 0 Å². The monoisotopic (exact) mass is 433 g/mol. The molecule has 0 radical (unpaired) electrons. The second-order valence-electron chi connectivity index (χ2n) is 9.05. The fraction of sp³-hybridized carbons (Fsp3) is 0.652. The predicted octanol–water partition coefficient (Wildman–Crippen LogP) is 2.69. The van der Waals surface area contributed by atoms with Crippen molar-refractivity contribution in [2.75, 3.05) is 46.9 Å². The molecule has 174 valence electrons. The third-order valence-electron chi connectivity index (χ3n) is 4.66. The second-order valence-corrected chi connectivity index (χ2v) is 9.05. The van der Waals surface area contributed by atoms with Gasteiger partial charge in [0.15, 0.2) is 5.96 Å². The average Bonchev–Trinajstić information content (AvgIpc) is 3.11. The van der Waals surface area contributed by atoms with Crippen LogP contribution in [0.3, 0.4) is 0 Å². The number of nitrogens with zero attached hydrogens (tertiary/aromatic N) is 3. The van der Waals surface area contributed by atoms with Crippen LogP contribution in [0, 0.1) is 0 Å². The fourth-order valence-corrected chi connectivity index (χ4v) is 3.22. The molecule has 1 aliphatic rings. The minimum atomic E-state index is -0.497. The van der Waals surface area contributed by atoms with Gasteiger partial charge in [-0.25, -0.2) is 9.79 Å². The Hall–Kier alpha value is -2.48. The van der Waals surface area contributed by atoms with Gasteiger partial charge in [-0.05, 0) is 65.9 Å². The minimum absolute atomic E-state index is 0.0483. The number of nitrogens with one attached hydrogen (secondary N) is 2. The van der Waals surface area contributed by atoms with Crippen molar-refractivity contribution < 1.29 is 14.3 Å². The molecule has 0 saturated carbocycles. The summed E-state index contributed by atoms with van der Waals surface area (Å²) in [4.78, 5) is 21.2. The lowest BCUT2D eigenvalue weighted by molar-refractivity contribution is 0.0507. The van der Waals surface area contributed by atoms with E-state index in [9.17, 15) is 4.79 Å². The van der Waals surface area contributed by atoms with Crippen molar-refractivity contribution in [2.45, 2.75) is 52.3 Å². The molecule has 0 aromatic heterocycles. The van der Waals surface area contributed by atoms with Crippen molar-refractivity contribution in [1.29, 1.82) is 0 Å². The number of likely N-dealkylation sites (N-methyl/N-ethyl adjacent to an activating group) is 1. The van der Waals surface area contributed by atoms with E-state index in [1.54, 1.807) is 0 Å². The van der Waals surface area contributed by atoms with Gasteiger partial charge in [0.05, 0.1) is 12.6 Å². The van der Waals surface area contributed by atoms with Gasteiger partial charge in [-0.2, -0.15) is 0 Å². The first-order chi connectivity index (χ1) is 14.7. The molecule has 31 heavy (non-hydrogen) atoms. The molecular weight excluding hydrogens is 394 g/mol. The molecule has 1 amide bonds. The summed E-state index contributed by atoms with van der Waals surface area (Å²) in [5, 5.41) is 6.33. The van der Waals surface area contributed by atoms with E-state index in [2.05, 4.69) is 33.4 Å². The van der Waals surface area contributed by atoms with Crippen molar-refractivity contribution >= 4 is 12.1 Å². The SMILES string of the molecule is CCNC(=NCc1cccc(OCCN(C)C)c1)N1CCC(NC(=O)OC(C)(C)C)C1. The number of carbonyl (C=O) groups is 1. The van der Waals surface area contributed by atoms with Crippen molar-refractivity contribution in [3.8, 4) is 5.75 Å². The number of aliphatic imine (C=N–C) groups is 1. The first-order valence-corrected chi connectivity index (χ1v) is 11.1. The van der Waals surface area contributed by atoms with Crippen molar-refractivity contribution in [3.63, 3.8) is 0 Å². The first kappa shape index (κ1) is 24.8. The molecule has 1 atom stereocenters. The molecule has 1 aromatic carbocycles. The first-order valence-electron chi connectivity index (χ1n) is 11.1. The van der Waals surface area contributed by atoms with Crippen LogP contribution in [0.4, 0.5) is 4.79 Å². The quantitative estimate of drug-likeness (QED) is 0.485. The summed E-state index contributed by atoms with van der Waals surface area (Å²) in [7, 11) is 4.06. The predicted molar refractivity (Wildman–Crippen MR) is 125 cm³/mol. The third kappa shape index (κ3) is 9.46. The zero-order valence-corrected chi connectivity index (χ0v) is 19.9. The van der Waals surface area contributed by atoms with E-state index in [-0.39, 0.29) is 12.1 Å². The normalized spacial score (nSPS) is 17.1. The van der Waals surface area contributed by atoms with Gasteiger partial charge >= 0.3 is 6.09 Å². The molecule has 8 nitrogen and oxygen atoms in total. The van der Waals surface area contributed by atoms with Crippen molar-refractivity contribution in [3.05, 3.63) is 29.8 Å². The molecular formula is C23H39N5O3. The van der Waals surface area contributed by atoms with E-state index >= 15 is 0 Å². The molecule has 1 heterocycles. The molecule has 8 heteroatoms. The Balaban J connectivity index is 1.92. The lowest BCUT2D eigenvalue weighted by Crippen LogP contribution is -2.44. The van der Waals surface area contributed by atoms with Crippen LogP contribution in [0.2, 0.25) is 0 Å². The van der Waals surface area contributed by atoms with Crippen LogP contribution in [0.5, 0.6) is 5.75 Å². The van der Waals surface area contributed by atoms with Gasteiger partial charge in [-0.3, -0.25) is 0 Å². The largest absolute Gasteiger partial charge is 0.492 e. The topological polar surface area (TPSA) is 78.4 Å². The number of amides is 1. The lowest BCUT2D eigenvalue weighted by Gasteiger charge is -2.23. The number of hydrogen-bond donors (Lipinski definition) is 2. The third-order valence-corrected chi connectivity index (χ3v) is 4.66. The highest BCUT2D eigenvalue weighted by Crippen LogP contribution is 2.16. The van der Waals surface area contributed by atoms with E-state index in [1.807, 2.05) is 53.1 Å². The number of guanidine groups is 1. The molecule has 1 unspecified atom stereocenters. The van der Waals surface area contributed by atoms with Crippen LogP contribution >= 0.6 is 0 Å². The highest BCUT2D eigenvalue weighted by molar-refractivity contribution is 5.80. The van der Waals surface area contributed by atoms with Gasteiger partial charge in [0.1, 0.15) is 18.0 Å². The summed E-state index contributed by atoms with van der Waals surface area (Å²) in [5.41, 5.74) is 0.601. The molecule has 0 spiro atoms. The smallest absolute Gasteiger partial charge is 0.407 e. The van der Waals surface area contributed by atoms with Crippen LogP contribution in [0.15, 0.2) is 29.3 Å². The Labute approximate surface area is 187 Å². The molecule has 1 aliphatic heterocycles. The second kappa shape index (κ2) is 11.8. The summed E-state index contributed by atoms with van der Waals surface area (Å²) in [5.74, 6) is 1.72. The number of carbonyl (C=O) groups excluding carboxylic acids is 1. The lowest BCUT2D eigenvalue weighted by atomic mass is 10.2. The Kier molecular flexibility index (Phi) is 9.43. The van der Waals surface area contributed by atoms with Crippen LogP contribution < -0.4 is 15.4 Å². The number of likely N-dealkylation sites (tertiary alicyclic amines) is 1. The minimum Gasteiger partial charge on any atom is -0.492 e. The van der Waals surface area contributed by atoms with Gasteiger partial charge in [-0.15, -0.1) is 0 Å². The zero-order chi connectivity index (χ0) is 22.9. The Bertz CT molecular complexity index is 730. The Morgan fingerprint density at radius 1 is 1.32 bits per heavy atom. The van der Waals surface area contributed by atoms with E-state index in [0.29, 0.717) is 19.7 Å². The van der Waals surface area contributed by atoms with Crippen LogP contribution in [0.1, 0.15) is 39.7 Å². The Morgan fingerprint density at radius 3 is 2.77 bits per heavy atom. The van der Waals surface area contributed by atoms with E-state index in [4.69, 9.17) is 14.5 Å². The Morgan fingerprint density at radius 2 is 2.10 bits per heavy atom. The molecule has 1 aromatic rings. The maximum atomic E-state index is 12.1. The van der Waals surface area contributed by atoms with E-state index < -0.39 is 5.60 Å². The highest BCUT2D eigenvalue weighted by atomic mass is 16.6. The van der Waals surface area contributed by atoms with Gasteiger partial charge in [0.25, 0.3) is 0 Å². The average molecular weight is 434 g/mol. The number of benzene rings is 1.